The highest BCUT2D eigenvalue weighted by Crippen LogP contribution is 2.43. The predicted octanol–water partition coefficient (Wildman–Crippen LogP) is 6.02. The van der Waals surface area contributed by atoms with E-state index in [0.717, 1.165) is 80.6 Å². The van der Waals surface area contributed by atoms with Gasteiger partial charge in [-0.2, -0.15) is 0 Å². The number of hydrogen-bond donors (Lipinski definition) is 1. The molecule has 7 rings (SSSR count). The van der Waals surface area contributed by atoms with Gasteiger partial charge in [0.15, 0.2) is 11.5 Å². The number of nitrogens with one attached hydrogen (secondary N) is 1. The second-order valence-electron chi connectivity index (χ2n) is 14.3. The number of amides is 4. The van der Waals surface area contributed by atoms with Crippen molar-refractivity contribution in [3.63, 3.8) is 0 Å². The van der Waals surface area contributed by atoms with Gasteiger partial charge in [-0.1, -0.05) is 19.1 Å². The maximum absolute atomic E-state index is 13.3. The van der Waals surface area contributed by atoms with E-state index in [1.165, 1.54) is 17.5 Å². The number of imide groups is 1. The Morgan fingerprint density at radius 1 is 1.08 bits per heavy atom. The van der Waals surface area contributed by atoms with E-state index in [2.05, 4.69) is 35.7 Å². The van der Waals surface area contributed by atoms with Gasteiger partial charge in [0.05, 0.1) is 11.4 Å². The zero-order valence-corrected chi connectivity index (χ0v) is 29.4. The van der Waals surface area contributed by atoms with Crippen molar-refractivity contribution < 1.29 is 19.1 Å². The number of aryl methyl sites for hydroxylation is 2. The molecule has 12 heteroatoms. The molecule has 3 fully saturated rings. The van der Waals surface area contributed by atoms with Gasteiger partial charge >= 0.3 is 6.03 Å². The highest BCUT2D eigenvalue weighted by molar-refractivity contribution is 6.13. The summed E-state index contributed by atoms with van der Waals surface area (Å²) in [5, 5.41) is 3.06. The van der Waals surface area contributed by atoms with Crippen LogP contribution in [0.15, 0.2) is 53.4 Å². The van der Waals surface area contributed by atoms with E-state index in [9.17, 15) is 14.4 Å². The molecule has 2 aliphatic heterocycles. The van der Waals surface area contributed by atoms with E-state index in [1.54, 1.807) is 12.0 Å². The molecule has 3 aromatic rings. The van der Waals surface area contributed by atoms with Crippen LogP contribution in [0.3, 0.4) is 0 Å². The Bertz CT molecular complexity index is 1910. The number of carbonyl (C=O) groups is 3. The third kappa shape index (κ3) is 7.55. The van der Waals surface area contributed by atoms with Crippen LogP contribution in [0.5, 0.6) is 0 Å². The molecular formula is C38H46N8O4. The summed E-state index contributed by atoms with van der Waals surface area (Å²) in [5.74, 6) is 1.79. The van der Waals surface area contributed by atoms with Gasteiger partial charge in [-0.05, 0) is 94.3 Å². The number of aliphatic imine (C=N–C) groups is 1. The number of pyridine rings is 1. The predicted molar refractivity (Wildman–Crippen MR) is 191 cm³/mol. The molecule has 2 saturated carbocycles. The van der Waals surface area contributed by atoms with Crippen molar-refractivity contribution >= 4 is 40.7 Å². The fraction of sp³-hybridized carbons (Fsp3) is 0.500. The summed E-state index contributed by atoms with van der Waals surface area (Å²) in [4.78, 5) is 60.2. The van der Waals surface area contributed by atoms with Crippen molar-refractivity contribution in [2.45, 2.75) is 84.2 Å². The van der Waals surface area contributed by atoms with Crippen molar-refractivity contribution in [2.24, 2.45) is 22.7 Å². The molecule has 50 heavy (non-hydrogen) atoms. The van der Waals surface area contributed by atoms with Gasteiger partial charge in [-0.25, -0.2) is 19.7 Å². The van der Waals surface area contributed by atoms with Crippen LogP contribution in [0, 0.1) is 17.8 Å². The molecule has 0 radical (unpaired) electrons. The lowest BCUT2D eigenvalue weighted by Crippen LogP contribution is -2.30. The van der Waals surface area contributed by atoms with Crippen molar-refractivity contribution in [3.05, 3.63) is 71.2 Å². The monoisotopic (exact) mass is 678 g/mol. The van der Waals surface area contributed by atoms with E-state index in [4.69, 9.17) is 19.7 Å². The van der Waals surface area contributed by atoms with Crippen LogP contribution >= 0.6 is 0 Å². The van der Waals surface area contributed by atoms with Gasteiger partial charge < -0.3 is 14.5 Å². The number of fused-ring (bicyclic) bond motifs is 1. The summed E-state index contributed by atoms with van der Waals surface area (Å²) in [7, 11) is 3.14. The second kappa shape index (κ2) is 14.3. The highest BCUT2D eigenvalue weighted by Gasteiger charge is 2.46. The fourth-order valence-electron chi connectivity index (χ4n) is 6.96. The van der Waals surface area contributed by atoms with Gasteiger partial charge in [0.25, 0.3) is 0 Å². The van der Waals surface area contributed by atoms with E-state index in [1.807, 2.05) is 35.6 Å². The summed E-state index contributed by atoms with van der Waals surface area (Å²) >= 11 is 0. The highest BCUT2D eigenvalue weighted by atomic mass is 16.5. The number of imidazole rings is 1. The minimum absolute atomic E-state index is 0.0223. The lowest BCUT2D eigenvalue weighted by Gasteiger charge is -2.17. The maximum Gasteiger partial charge on any atom is 0.331 e. The molecule has 4 amide bonds. The normalized spacial score (nSPS) is 23.0. The van der Waals surface area contributed by atoms with Gasteiger partial charge in [-0.15, -0.1) is 0 Å². The SMILES string of the molecule is COCc1nc(CCC(C)CCc2cn3cc(C4CC4)cc(N4CC(=O)N(C)C4=O)c3n2)cc(NC(=O)[C@H]2C[C@@H]2C2=N/C(C)=C\C=C/CC2)n1. The van der Waals surface area contributed by atoms with Gasteiger partial charge in [0.1, 0.15) is 19.0 Å². The van der Waals surface area contributed by atoms with E-state index >= 15 is 0 Å². The summed E-state index contributed by atoms with van der Waals surface area (Å²) in [6.07, 6.45) is 18.6. The molecule has 3 atom stereocenters. The third-order valence-corrected chi connectivity index (χ3v) is 10.2. The quantitative estimate of drug-likeness (QED) is 0.219. The third-order valence-electron chi connectivity index (χ3n) is 10.2. The number of methoxy groups -OCH3 is 1. The first kappa shape index (κ1) is 33.8. The minimum Gasteiger partial charge on any atom is -0.377 e. The molecule has 1 N–H and O–H groups in total. The number of rotatable bonds is 13. The average molecular weight is 679 g/mol. The van der Waals surface area contributed by atoms with Crippen LogP contribution in [-0.2, 0) is 33.8 Å². The molecule has 2 aliphatic carbocycles. The number of allylic oxidation sites excluding steroid dienone is 4. The maximum atomic E-state index is 13.3. The van der Waals surface area contributed by atoms with E-state index < -0.39 is 0 Å². The summed E-state index contributed by atoms with van der Waals surface area (Å²) in [6.45, 7) is 4.52. The fourth-order valence-corrected chi connectivity index (χ4v) is 6.96. The standard InChI is InChI=1S/C38H46N8O4/c1-23(11-15-28-20-45-19-26(25-12-13-25)16-32(36(45)41-28)46-21-35(47)44(3)38(46)49)10-14-27-17-33(42-34(40-27)22-50-4)43-37(48)30-18-29(30)31-9-7-5-6-8-24(2)39-31/h5-6,8,16-17,19-20,23,25,29-30H,7,9-15,18,21-22H2,1-4H3,(H,40,42,43,48)/b6-5-,24-8-,39-31?/t23?,29-,30-/m0/s1. The zero-order valence-electron chi connectivity index (χ0n) is 29.4. The molecule has 1 saturated heterocycles. The molecule has 4 aliphatic rings. The number of aromatic nitrogens is 4. The lowest BCUT2D eigenvalue weighted by molar-refractivity contribution is -0.124. The van der Waals surface area contributed by atoms with Crippen molar-refractivity contribution in [1.29, 1.82) is 0 Å². The molecule has 1 unspecified atom stereocenters. The number of urea groups is 1. The van der Waals surface area contributed by atoms with Crippen molar-refractivity contribution in [1.82, 2.24) is 24.3 Å². The zero-order chi connectivity index (χ0) is 34.9. The molecule has 262 valence electrons. The Morgan fingerprint density at radius 2 is 1.88 bits per heavy atom. The molecule has 5 heterocycles. The Balaban J connectivity index is 0.977. The Labute approximate surface area is 292 Å². The molecule has 3 aromatic heterocycles. The number of likely N-dealkylation sites (N-methyl/N-ethyl adjacent to an activating group) is 1. The number of nitrogens with zero attached hydrogens (tertiary/aromatic N) is 7. The van der Waals surface area contributed by atoms with Gasteiger partial charge in [-0.3, -0.25) is 24.4 Å². The number of anilines is 2. The Kier molecular flexibility index (Phi) is 9.63. The molecule has 0 bridgehead atoms. The molecular weight excluding hydrogens is 632 g/mol. The van der Waals surface area contributed by atoms with E-state index in [-0.39, 0.29) is 42.8 Å². The van der Waals surface area contributed by atoms with E-state index in [0.29, 0.717) is 34.8 Å². The number of hydrogen-bond acceptors (Lipinski definition) is 8. The van der Waals surface area contributed by atoms with Crippen LogP contribution < -0.4 is 10.2 Å². The molecule has 12 nitrogen and oxygen atoms in total. The van der Waals surface area contributed by atoms with Crippen LogP contribution in [0.4, 0.5) is 16.3 Å². The molecule has 0 spiro atoms. The van der Waals surface area contributed by atoms with Gasteiger partial charge in [0, 0.05) is 61.6 Å². The summed E-state index contributed by atoms with van der Waals surface area (Å²) < 4.78 is 7.36. The summed E-state index contributed by atoms with van der Waals surface area (Å²) in [6, 6.07) is 3.61. The van der Waals surface area contributed by atoms with Crippen molar-refractivity contribution in [2.75, 3.05) is 30.9 Å². The smallest absolute Gasteiger partial charge is 0.331 e. The van der Waals surface area contributed by atoms with Crippen molar-refractivity contribution in [3.8, 4) is 0 Å². The number of carbonyl (C=O) groups excluding carboxylic acids is 3. The number of ether oxygens (including phenoxy) is 1. The first-order valence-electron chi connectivity index (χ1n) is 17.8. The van der Waals surface area contributed by atoms with Crippen LogP contribution in [0.25, 0.3) is 5.65 Å². The largest absolute Gasteiger partial charge is 0.377 e. The average Bonchev–Trinajstić information content (AvgIpc) is 4.01. The lowest BCUT2D eigenvalue weighted by atomic mass is 9.98. The minimum atomic E-state index is -0.313. The van der Waals surface area contributed by atoms with Crippen LogP contribution in [-0.4, -0.2) is 68.5 Å². The van der Waals surface area contributed by atoms with Crippen LogP contribution in [0.2, 0.25) is 0 Å². The molecule has 0 aromatic carbocycles. The second-order valence-corrected chi connectivity index (χ2v) is 14.3. The first-order chi connectivity index (χ1) is 24.2. The summed E-state index contributed by atoms with van der Waals surface area (Å²) in [5.41, 5.74) is 6.49. The topological polar surface area (TPSA) is 134 Å². The van der Waals surface area contributed by atoms with Crippen LogP contribution in [0.1, 0.15) is 87.5 Å². The first-order valence-corrected chi connectivity index (χ1v) is 17.8. The van der Waals surface area contributed by atoms with Gasteiger partial charge in [0.2, 0.25) is 11.8 Å². The Hall–Kier alpha value is -4.71. The Morgan fingerprint density at radius 3 is 2.62 bits per heavy atom.